The van der Waals surface area contributed by atoms with E-state index in [1.807, 2.05) is 11.8 Å². The molecule has 0 bridgehead atoms. The molecule has 3 atom stereocenters. The minimum absolute atomic E-state index is 0.197. The number of hydrogen-bond donors (Lipinski definition) is 2. The van der Waals surface area contributed by atoms with E-state index in [0.29, 0.717) is 18.2 Å². The first-order chi connectivity index (χ1) is 9.11. The Morgan fingerprint density at radius 3 is 2.84 bits per heavy atom. The standard InChI is InChI=1S/C13H22N2O3S/c1-2-19-10-6-5-9(8-10)14-13(18)15-7-3-4-11(15)12(16)17/h9-11H,2-8H2,1H3,(H,14,18)(H,16,17)/t9?,10?,11-/m1/s1. The van der Waals surface area contributed by atoms with Crippen LogP contribution < -0.4 is 5.32 Å². The minimum Gasteiger partial charge on any atom is -0.480 e. The largest absolute Gasteiger partial charge is 0.480 e. The zero-order valence-corrected chi connectivity index (χ0v) is 12.1. The number of carbonyl (C=O) groups excluding carboxylic acids is 1. The van der Waals surface area contributed by atoms with E-state index in [2.05, 4.69) is 12.2 Å². The summed E-state index contributed by atoms with van der Waals surface area (Å²) in [4.78, 5) is 24.7. The van der Waals surface area contributed by atoms with Gasteiger partial charge in [-0.05, 0) is 37.9 Å². The topological polar surface area (TPSA) is 69.6 Å². The fourth-order valence-electron chi connectivity index (χ4n) is 2.98. The molecule has 0 aromatic heterocycles. The van der Waals surface area contributed by atoms with E-state index < -0.39 is 12.0 Å². The Morgan fingerprint density at radius 2 is 2.16 bits per heavy atom. The van der Waals surface area contributed by atoms with Gasteiger partial charge in [0, 0.05) is 17.8 Å². The van der Waals surface area contributed by atoms with Crippen molar-refractivity contribution in [1.29, 1.82) is 0 Å². The van der Waals surface area contributed by atoms with Gasteiger partial charge in [0.25, 0.3) is 0 Å². The summed E-state index contributed by atoms with van der Waals surface area (Å²) in [6.45, 7) is 2.71. The number of likely N-dealkylation sites (tertiary alicyclic amines) is 1. The summed E-state index contributed by atoms with van der Waals surface area (Å²) < 4.78 is 0. The molecule has 2 rings (SSSR count). The van der Waals surface area contributed by atoms with Crippen molar-refractivity contribution >= 4 is 23.8 Å². The van der Waals surface area contributed by atoms with Gasteiger partial charge in [0.05, 0.1) is 0 Å². The third-order valence-electron chi connectivity index (χ3n) is 3.91. The van der Waals surface area contributed by atoms with Gasteiger partial charge in [0.15, 0.2) is 0 Å². The number of hydrogen-bond acceptors (Lipinski definition) is 3. The summed E-state index contributed by atoms with van der Waals surface area (Å²) >= 11 is 1.95. The van der Waals surface area contributed by atoms with Crippen LogP contribution in [0.5, 0.6) is 0 Å². The molecular weight excluding hydrogens is 264 g/mol. The molecule has 1 heterocycles. The number of carbonyl (C=O) groups is 2. The van der Waals surface area contributed by atoms with Crippen LogP contribution in [-0.2, 0) is 4.79 Å². The average molecular weight is 286 g/mol. The van der Waals surface area contributed by atoms with Gasteiger partial charge in [-0.3, -0.25) is 0 Å². The maximum Gasteiger partial charge on any atom is 0.326 e. The van der Waals surface area contributed by atoms with Crippen LogP contribution in [0.3, 0.4) is 0 Å². The first-order valence-corrected chi connectivity index (χ1v) is 8.08. The van der Waals surface area contributed by atoms with Gasteiger partial charge in [-0.1, -0.05) is 6.92 Å². The highest BCUT2D eigenvalue weighted by atomic mass is 32.2. The Kier molecular flexibility index (Phi) is 4.96. The number of aliphatic carboxylic acids is 1. The number of nitrogens with zero attached hydrogens (tertiary/aromatic N) is 1. The molecule has 2 N–H and O–H groups in total. The van der Waals surface area contributed by atoms with Gasteiger partial charge >= 0.3 is 12.0 Å². The number of thioether (sulfide) groups is 1. The van der Waals surface area contributed by atoms with E-state index in [9.17, 15) is 9.59 Å². The Bertz CT molecular complexity index is 351. The molecule has 2 aliphatic rings. The third-order valence-corrected chi connectivity index (χ3v) is 5.15. The summed E-state index contributed by atoms with van der Waals surface area (Å²) in [6.07, 6.45) is 4.52. The van der Waals surface area contributed by atoms with Crippen LogP contribution in [0.15, 0.2) is 0 Å². The Hall–Kier alpha value is -0.910. The normalized spacial score (nSPS) is 30.6. The van der Waals surface area contributed by atoms with E-state index in [4.69, 9.17) is 5.11 Å². The van der Waals surface area contributed by atoms with Gasteiger partial charge in [-0.2, -0.15) is 11.8 Å². The lowest BCUT2D eigenvalue weighted by Gasteiger charge is -2.24. The molecule has 5 nitrogen and oxygen atoms in total. The predicted molar refractivity (Wildman–Crippen MR) is 75.5 cm³/mol. The summed E-state index contributed by atoms with van der Waals surface area (Å²) in [6, 6.07) is -0.620. The Balaban J connectivity index is 1.83. The fraction of sp³-hybridized carbons (Fsp3) is 0.846. The number of nitrogens with one attached hydrogen (secondary N) is 1. The van der Waals surface area contributed by atoms with Crippen molar-refractivity contribution in [3.63, 3.8) is 0 Å². The zero-order valence-electron chi connectivity index (χ0n) is 11.3. The molecule has 0 aromatic carbocycles. The van der Waals surface area contributed by atoms with Crippen molar-refractivity contribution in [3.05, 3.63) is 0 Å². The number of carboxylic acid groups (broad SMARTS) is 1. The molecule has 2 unspecified atom stereocenters. The lowest BCUT2D eigenvalue weighted by atomic mass is 10.2. The number of amides is 2. The molecule has 108 valence electrons. The van der Waals surface area contributed by atoms with Crippen molar-refractivity contribution in [1.82, 2.24) is 10.2 Å². The molecular formula is C13H22N2O3S. The fourth-order valence-corrected chi connectivity index (χ4v) is 4.12. The van der Waals surface area contributed by atoms with E-state index in [-0.39, 0.29) is 12.1 Å². The smallest absolute Gasteiger partial charge is 0.326 e. The Labute approximate surface area is 118 Å². The second kappa shape index (κ2) is 6.50. The van der Waals surface area contributed by atoms with Crippen LogP contribution in [0, 0.1) is 0 Å². The zero-order chi connectivity index (χ0) is 13.8. The minimum atomic E-state index is -0.890. The van der Waals surface area contributed by atoms with E-state index in [1.165, 1.54) is 4.90 Å². The predicted octanol–water partition coefficient (Wildman–Crippen LogP) is 1.92. The van der Waals surface area contributed by atoms with Crippen molar-refractivity contribution in [2.75, 3.05) is 12.3 Å². The summed E-state index contributed by atoms with van der Waals surface area (Å²) in [5, 5.41) is 12.7. The molecule has 1 saturated carbocycles. The van der Waals surface area contributed by atoms with E-state index in [0.717, 1.165) is 31.4 Å². The first kappa shape index (κ1) is 14.5. The SMILES string of the molecule is CCSC1CCC(NC(=O)N2CCC[C@@H]2C(=O)O)C1. The molecule has 1 aliphatic carbocycles. The molecule has 0 radical (unpaired) electrons. The van der Waals surface area contributed by atoms with E-state index >= 15 is 0 Å². The van der Waals surface area contributed by atoms with Crippen LogP contribution in [0.2, 0.25) is 0 Å². The van der Waals surface area contributed by atoms with Gasteiger partial charge in [-0.15, -0.1) is 0 Å². The second-order valence-electron chi connectivity index (χ2n) is 5.23. The third kappa shape index (κ3) is 3.55. The molecule has 0 aromatic rings. The van der Waals surface area contributed by atoms with Crippen LogP contribution >= 0.6 is 11.8 Å². The van der Waals surface area contributed by atoms with Gasteiger partial charge in [0.2, 0.25) is 0 Å². The molecule has 2 amide bonds. The molecule has 1 aliphatic heterocycles. The highest BCUT2D eigenvalue weighted by Crippen LogP contribution is 2.30. The molecule has 6 heteroatoms. The molecule has 1 saturated heterocycles. The van der Waals surface area contributed by atoms with Crippen molar-refractivity contribution in [2.45, 2.75) is 56.4 Å². The lowest BCUT2D eigenvalue weighted by Crippen LogP contribution is -2.48. The maximum atomic E-state index is 12.1. The lowest BCUT2D eigenvalue weighted by molar-refractivity contribution is -0.141. The summed E-state index contributed by atoms with van der Waals surface area (Å²) in [5.74, 6) is 0.219. The molecule has 2 fully saturated rings. The summed E-state index contributed by atoms with van der Waals surface area (Å²) in [7, 11) is 0. The Morgan fingerprint density at radius 1 is 1.37 bits per heavy atom. The monoisotopic (exact) mass is 286 g/mol. The van der Waals surface area contributed by atoms with Crippen LogP contribution in [-0.4, -0.2) is 51.6 Å². The first-order valence-electron chi connectivity index (χ1n) is 7.03. The van der Waals surface area contributed by atoms with Crippen molar-refractivity contribution < 1.29 is 14.7 Å². The van der Waals surface area contributed by atoms with Crippen molar-refractivity contribution in [3.8, 4) is 0 Å². The number of rotatable bonds is 4. The van der Waals surface area contributed by atoms with Crippen molar-refractivity contribution in [2.24, 2.45) is 0 Å². The number of urea groups is 1. The van der Waals surface area contributed by atoms with Gasteiger partial charge in [0.1, 0.15) is 6.04 Å². The van der Waals surface area contributed by atoms with Gasteiger partial charge in [-0.25, -0.2) is 9.59 Å². The van der Waals surface area contributed by atoms with Crippen LogP contribution in [0.4, 0.5) is 4.79 Å². The maximum absolute atomic E-state index is 12.1. The van der Waals surface area contributed by atoms with Gasteiger partial charge < -0.3 is 15.3 Å². The average Bonchev–Trinajstić information content (AvgIpc) is 2.98. The second-order valence-corrected chi connectivity index (χ2v) is 6.80. The number of carboxylic acids is 1. The summed E-state index contributed by atoms with van der Waals surface area (Å²) in [5.41, 5.74) is 0. The molecule has 0 spiro atoms. The molecule has 19 heavy (non-hydrogen) atoms. The quantitative estimate of drug-likeness (QED) is 0.828. The van der Waals surface area contributed by atoms with Crippen LogP contribution in [0.25, 0.3) is 0 Å². The van der Waals surface area contributed by atoms with Crippen LogP contribution in [0.1, 0.15) is 39.0 Å². The highest BCUT2D eigenvalue weighted by Gasteiger charge is 2.35. The van der Waals surface area contributed by atoms with E-state index in [1.54, 1.807) is 0 Å². The highest BCUT2D eigenvalue weighted by molar-refractivity contribution is 7.99.